The molecule has 98 valence electrons. The van der Waals surface area contributed by atoms with E-state index < -0.39 is 5.60 Å². The van der Waals surface area contributed by atoms with Crippen molar-refractivity contribution in [1.29, 1.82) is 0 Å². The summed E-state index contributed by atoms with van der Waals surface area (Å²) >= 11 is 0. The molecule has 2 heterocycles. The molecule has 3 nitrogen and oxygen atoms in total. The Kier molecular flexibility index (Phi) is 3.04. The van der Waals surface area contributed by atoms with Crippen LogP contribution in [-0.2, 0) is 12.0 Å². The molecule has 0 radical (unpaired) electrons. The highest BCUT2D eigenvalue weighted by Crippen LogP contribution is 2.36. The fraction of sp³-hybridized carbons (Fsp3) is 0.600. The van der Waals surface area contributed by atoms with Crippen LogP contribution in [0.25, 0.3) is 0 Å². The average Bonchev–Trinajstić information content (AvgIpc) is 2.76. The zero-order valence-corrected chi connectivity index (χ0v) is 11.0. The Morgan fingerprint density at radius 3 is 3.06 bits per heavy atom. The first kappa shape index (κ1) is 12.0. The smallest absolute Gasteiger partial charge is 0.122 e. The minimum Gasteiger partial charge on any atom is -0.493 e. The standard InChI is InChI=1S/C15H21NO2/c1-16-8-2-6-15(17,7-9-16)13-3-4-14-12(11-13)5-10-18-14/h3-4,11,17H,2,5-10H2,1H3. The average molecular weight is 247 g/mol. The topological polar surface area (TPSA) is 32.7 Å². The summed E-state index contributed by atoms with van der Waals surface area (Å²) in [6.45, 7) is 2.82. The summed E-state index contributed by atoms with van der Waals surface area (Å²) in [5, 5.41) is 10.9. The predicted molar refractivity (Wildman–Crippen MR) is 70.9 cm³/mol. The molecule has 0 aromatic heterocycles. The summed E-state index contributed by atoms with van der Waals surface area (Å²) < 4.78 is 5.53. The summed E-state index contributed by atoms with van der Waals surface area (Å²) in [5.74, 6) is 0.994. The molecular formula is C15H21NO2. The van der Waals surface area contributed by atoms with Crippen molar-refractivity contribution in [3.63, 3.8) is 0 Å². The Labute approximate surface area is 108 Å². The summed E-state index contributed by atoms with van der Waals surface area (Å²) in [4.78, 5) is 2.30. The minimum absolute atomic E-state index is 0.650. The van der Waals surface area contributed by atoms with E-state index >= 15 is 0 Å². The molecule has 0 bridgehead atoms. The number of rotatable bonds is 1. The van der Waals surface area contributed by atoms with Gasteiger partial charge in [0.05, 0.1) is 12.2 Å². The summed E-state index contributed by atoms with van der Waals surface area (Å²) in [6, 6.07) is 6.20. The van der Waals surface area contributed by atoms with Crippen LogP contribution in [0, 0.1) is 0 Å². The van der Waals surface area contributed by atoms with Gasteiger partial charge in [0.2, 0.25) is 0 Å². The van der Waals surface area contributed by atoms with Crippen molar-refractivity contribution in [2.45, 2.75) is 31.3 Å². The maximum absolute atomic E-state index is 10.9. The van der Waals surface area contributed by atoms with Crippen LogP contribution in [0.5, 0.6) is 5.75 Å². The van der Waals surface area contributed by atoms with Gasteiger partial charge in [-0.2, -0.15) is 0 Å². The second kappa shape index (κ2) is 4.56. The van der Waals surface area contributed by atoms with E-state index in [-0.39, 0.29) is 0 Å². The fourth-order valence-corrected chi connectivity index (χ4v) is 3.02. The van der Waals surface area contributed by atoms with Crippen LogP contribution >= 0.6 is 0 Å². The quantitative estimate of drug-likeness (QED) is 0.823. The number of hydrogen-bond acceptors (Lipinski definition) is 3. The SMILES string of the molecule is CN1CCCC(O)(c2ccc3c(c2)CCO3)CC1. The Hall–Kier alpha value is -1.06. The van der Waals surface area contributed by atoms with Gasteiger partial charge in [0.25, 0.3) is 0 Å². The van der Waals surface area contributed by atoms with Crippen LogP contribution in [0.1, 0.15) is 30.4 Å². The van der Waals surface area contributed by atoms with Crippen molar-refractivity contribution in [3.05, 3.63) is 29.3 Å². The molecule has 2 aliphatic rings. The van der Waals surface area contributed by atoms with Crippen molar-refractivity contribution < 1.29 is 9.84 Å². The molecule has 0 aliphatic carbocycles. The molecule has 0 spiro atoms. The molecule has 1 aromatic carbocycles. The highest BCUT2D eigenvalue weighted by Gasteiger charge is 2.32. The molecule has 1 fully saturated rings. The zero-order valence-electron chi connectivity index (χ0n) is 11.0. The van der Waals surface area contributed by atoms with Gasteiger partial charge in [-0.15, -0.1) is 0 Å². The van der Waals surface area contributed by atoms with Crippen molar-refractivity contribution in [3.8, 4) is 5.75 Å². The van der Waals surface area contributed by atoms with Crippen molar-refractivity contribution in [1.82, 2.24) is 4.90 Å². The molecule has 1 saturated heterocycles. The maximum atomic E-state index is 10.9. The summed E-state index contributed by atoms with van der Waals surface area (Å²) in [7, 11) is 2.13. The van der Waals surface area contributed by atoms with Gasteiger partial charge in [0.1, 0.15) is 5.75 Å². The Bertz CT molecular complexity index is 446. The lowest BCUT2D eigenvalue weighted by Crippen LogP contribution is -2.27. The van der Waals surface area contributed by atoms with E-state index in [2.05, 4.69) is 18.0 Å². The fourth-order valence-electron chi connectivity index (χ4n) is 3.02. The maximum Gasteiger partial charge on any atom is 0.122 e. The summed E-state index contributed by atoms with van der Waals surface area (Å²) in [5.41, 5.74) is 1.67. The van der Waals surface area contributed by atoms with Crippen LogP contribution < -0.4 is 4.74 Å². The van der Waals surface area contributed by atoms with Crippen LogP contribution in [-0.4, -0.2) is 36.8 Å². The largest absolute Gasteiger partial charge is 0.493 e. The van der Waals surface area contributed by atoms with Crippen molar-refractivity contribution in [2.24, 2.45) is 0 Å². The van der Waals surface area contributed by atoms with Gasteiger partial charge >= 0.3 is 0 Å². The minimum atomic E-state index is -0.650. The molecule has 1 aromatic rings. The number of hydrogen-bond donors (Lipinski definition) is 1. The molecule has 3 rings (SSSR count). The first-order valence-corrected chi connectivity index (χ1v) is 6.84. The predicted octanol–water partition coefficient (Wildman–Crippen LogP) is 1.92. The Balaban J connectivity index is 1.88. The number of likely N-dealkylation sites (tertiary alicyclic amines) is 1. The van der Waals surface area contributed by atoms with Gasteiger partial charge in [0, 0.05) is 13.0 Å². The number of fused-ring (bicyclic) bond motifs is 1. The summed E-state index contributed by atoms with van der Waals surface area (Å²) in [6.07, 6.45) is 3.71. The molecule has 3 heteroatoms. The Morgan fingerprint density at radius 2 is 2.17 bits per heavy atom. The lowest BCUT2D eigenvalue weighted by Gasteiger charge is -2.27. The third-order valence-electron chi connectivity index (χ3n) is 4.26. The van der Waals surface area contributed by atoms with Gasteiger partial charge < -0.3 is 14.7 Å². The number of benzene rings is 1. The van der Waals surface area contributed by atoms with Crippen LogP contribution in [0.3, 0.4) is 0 Å². The van der Waals surface area contributed by atoms with E-state index in [9.17, 15) is 5.11 Å². The molecule has 2 aliphatic heterocycles. The molecule has 1 unspecified atom stereocenters. The highest BCUT2D eigenvalue weighted by molar-refractivity contribution is 5.41. The monoisotopic (exact) mass is 247 g/mol. The number of ether oxygens (including phenoxy) is 1. The normalized spacial score (nSPS) is 28.6. The number of nitrogens with zero attached hydrogens (tertiary/aromatic N) is 1. The van der Waals surface area contributed by atoms with Crippen LogP contribution in [0.15, 0.2) is 18.2 Å². The lowest BCUT2D eigenvalue weighted by molar-refractivity contribution is 0.0218. The van der Waals surface area contributed by atoms with E-state index in [0.29, 0.717) is 0 Å². The molecule has 0 amide bonds. The molecule has 0 saturated carbocycles. The van der Waals surface area contributed by atoms with Gasteiger partial charge in [0.15, 0.2) is 0 Å². The second-order valence-electron chi connectivity index (χ2n) is 5.61. The molecule has 1 N–H and O–H groups in total. The number of aliphatic hydroxyl groups is 1. The van der Waals surface area contributed by atoms with Crippen molar-refractivity contribution in [2.75, 3.05) is 26.7 Å². The molecule has 1 atom stereocenters. The van der Waals surface area contributed by atoms with Crippen LogP contribution in [0.4, 0.5) is 0 Å². The van der Waals surface area contributed by atoms with Gasteiger partial charge in [-0.1, -0.05) is 6.07 Å². The zero-order chi connectivity index (χ0) is 12.6. The highest BCUT2D eigenvalue weighted by atomic mass is 16.5. The Morgan fingerprint density at radius 1 is 1.28 bits per heavy atom. The van der Waals surface area contributed by atoms with Crippen LogP contribution in [0.2, 0.25) is 0 Å². The van der Waals surface area contributed by atoms with E-state index in [1.807, 2.05) is 12.1 Å². The van der Waals surface area contributed by atoms with E-state index in [4.69, 9.17) is 4.74 Å². The third kappa shape index (κ3) is 2.13. The first-order chi connectivity index (χ1) is 8.67. The van der Waals surface area contributed by atoms with Crippen molar-refractivity contribution >= 4 is 0 Å². The lowest BCUT2D eigenvalue weighted by atomic mass is 9.86. The van der Waals surface area contributed by atoms with E-state index in [0.717, 1.165) is 56.7 Å². The second-order valence-corrected chi connectivity index (χ2v) is 5.61. The van der Waals surface area contributed by atoms with E-state index in [1.54, 1.807) is 0 Å². The molecular weight excluding hydrogens is 226 g/mol. The van der Waals surface area contributed by atoms with Gasteiger partial charge in [-0.25, -0.2) is 0 Å². The third-order valence-corrected chi connectivity index (χ3v) is 4.26. The van der Waals surface area contributed by atoms with Gasteiger partial charge in [-0.05, 0) is 56.1 Å². The van der Waals surface area contributed by atoms with Gasteiger partial charge in [-0.3, -0.25) is 0 Å². The molecule has 18 heavy (non-hydrogen) atoms. The van der Waals surface area contributed by atoms with E-state index in [1.165, 1.54) is 5.56 Å². The first-order valence-electron chi connectivity index (χ1n) is 6.84.